The van der Waals surface area contributed by atoms with Gasteiger partial charge in [-0.1, -0.05) is 11.6 Å². The van der Waals surface area contributed by atoms with Gasteiger partial charge in [0.2, 0.25) is 0 Å². The number of carbonyl (C=O) groups is 1. The molecule has 82 valence electrons. The molecule has 3 nitrogen and oxygen atoms in total. The van der Waals surface area contributed by atoms with E-state index < -0.39 is 0 Å². The molecule has 5 heteroatoms. The zero-order valence-corrected chi connectivity index (χ0v) is 10.1. The van der Waals surface area contributed by atoms with Gasteiger partial charge in [0.1, 0.15) is 5.25 Å². The Morgan fingerprint density at radius 3 is 2.80 bits per heavy atom. The van der Waals surface area contributed by atoms with Gasteiger partial charge in [0, 0.05) is 15.6 Å². The number of ether oxygens (including phenoxy) is 1. The molecule has 2 N–H and O–H groups in total. The molecule has 0 aliphatic heterocycles. The minimum Gasteiger partial charge on any atom is -0.468 e. The van der Waals surface area contributed by atoms with Crippen molar-refractivity contribution in [2.75, 3.05) is 12.8 Å². The molecule has 1 unspecified atom stereocenters. The maximum Gasteiger partial charge on any atom is 0.318 e. The molecule has 1 aromatic carbocycles. The van der Waals surface area contributed by atoms with Crippen LogP contribution in [0.2, 0.25) is 5.02 Å². The monoisotopic (exact) mass is 245 g/mol. The van der Waals surface area contributed by atoms with Crippen molar-refractivity contribution in [2.45, 2.75) is 17.1 Å². The van der Waals surface area contributed by atoms with Gasteiger partial charge in [-0.25, -0.2) is 0 Å². The van der Waals surface area contributed by atoms with E-state index in [0.29, 0.717) is 10.7 Å². The van der Waals surface area contributed by atoms with Gasteiger partial charge in [0.05, 0.1) is 7.11 Å². The number of carbonyl (C=O) groups excluding carboxylic acids is 1. The van der Waals surface area contributed by atoms with Crippen LogP contribution in [0.1, 0.15) is 6.92 Å². The number of methoxy groups -OCH3 is 1. The Bertz CT molecular complexity index is 370. The highest BCUT2D eigenvalue weighted by Gasteiger charge is 2.15. The predicted molar refractivity (Wildman–Crippen MR) is 63.2 cm³/mol. The van der Waals surface area contributed by atoms with E-state index in [1.54, 1.807) is 25.1 Å². The first-order valence-electron chi connectivity index (χ1n) is 4.34. The average Bonchev–Trinajstić information content (AvgIpc) is 2.20. The fourth-order valence-corrected chi connectivity index (χ4v) is 2.13. The Balaban J connectivity index is 2.76. The minimum absolute atomic E-state index is 0.269. The molecule has 15 heavy (non-hydrogen) atoms. The lowest BCUT2D eigenvalue weighted by molar-refractivity contribution is -0.139. The number of thioether (sulfide) groups is 1. The van der Waals surface area contributed by atoms with Gasteiger partial charge in [-0.05, 0) is 25.1 Å². The molecule has 0 aliphatic rings. The Labute approximate surface area is 97.9 Å². The van der Waals surface area contributed by atoms with Gasteiger partial charge in [0.15, 0.2) is 0 Å². The zero-order chi connectivity index (χ0) is 11.4. The van der Waals surface area contributed by atoms with Gasteiger partial charge in [-0.2, -0.15) is 0 Å². The lowest BCUT2D eigenvalue weighted by Gasteiger charge is -2.10. The third-order valence-corrected chi connectivity index (χ3v) is 3.22. The molecule has 0 saturated heterocycles. The molecular weight excluding hydrogens is 234 g/mol. The molecule has 1 rings (SSSR count). The van der Waals surface area contributed by atoms with Crippen molar-refractivity contribution in [3.8, 4) is 0 Å². The van der Waals surface area contributed by atoms with Crippen LogP contribution in [0.5, 0.6) is 0 Å². The zero-order valence-electron chi connectivity index (χ0n) is 8.49. The van der Waals surface area contributed by atoms with Crippen molar-refractivity contribution in [1.82, 2.24) is 0 Å². The van der Waals surface area contributed by atoms with Crippen molar-refractivity contribution in [2.24, 2.45) is 0 Å². The van der Waals surface area contributed by atoms with E-state index in [1.807, 2.05) is 0 Å². The first kappa shape index (κ1) is 12.2. The summed E-state index contributed by atoms with van der Waals surface area (Å²) in [4.78, 5) is 12.0. The molecule has 0 amide bonds. The number of hydrogen-bond acceptors (Lipinski definition) is 4. The van der Waals surface area contributed by atoms with E-state index in [-0.39, 0.29) is 11.2 Å². The fraction of sp³-hybridized carbons (Fsp3) is 0.300. The molecule has 0 radical (unpaired) electrons. The SMILES string of the molecule is COC(=O)C(C)Sc1ccc(Cl)cc1N. The summed E-state index contributed by atoms with van der Waals surface area (Å²) in [6, 6.07) is 5.19. The molecule has 1 aromatic rings. The first-order chi connectivity index (χ1) is 7.04. The Morgan fingerprint density at radius 2 is 2.27 bits per heavy atom. The maximum absolute atomic E-state index is 11.2. The topological polar surface area (TPSA) is 52.3 Å². The van der Waals surface area contributed by atoms with Crippen LogP contribution in [0.3, 0.4) is 0 Å². The van der Waals surface area contributed by atoms with Crippen molar-refractivity contribution in [3.05, 3.63) is 23.2 Å². The van der Waals surface area contributed by atoms with E-state index in [9.17, 15) is 4.79 Å². The van der Waals surface area contributed by atoms with Crippen LogP contribution in [0.4, 0.5) is 5.69 Å². The number of nitrogens with two attached hydrogens (primary N) is 1. The van der Waals surface area contributed by atoms with E-state index in [2.05, 4.69) is 4.74 Å². The van der Waals surface area contributed by atoms with Crippen LogP contribution < -0.4 is 5.73 Å². The third-order valence-electron chi connectivity index (χ3n) is 1.81. The van der Waals surface area contributed by atoms with E-state index in [4.69, 9.17) is 17.3 Å². The molecule has 0 bridgehead atoms. The number of benzene rings is 1. The molecule has 0 aromatic heterocycles. The predicted octanol–water partition coefficient (Wildman–Crippen LogP) is 2.58. The number of anilines is 1. The second-order valence-electron chi connectivity index (χ2n) is 2.97. The van der Waals surface area contributed by atoms with Crippen molar-refractivity contribution in [1.29, 1.82) is 0 Å². The van der Waals surface area contributed by atoms with E-state index in [1.165, 1.54) is 18.9 Å². The Kier molecular flexibility index (Phi) is 4.29. The van der Waals surface area contributed by atoms with Crippen molar-refractivity contribution in [3.63, 3.8) is 0 Å². The Hall–Kier alpha value is -0.870. The molecule has 0 aliphatic carbocycles. The maximum atomic E-state index is 11.2. The summed E-state index contributed by atoms with van der Waals surface area (Å²) in [7, 11) is 1.37. The molecule has 0 saturated carbocycles. The van der Waals surface area contributed by atoms with Gasteiger partial charge in [-0.3, -0.25) is 4.79 Å². The van der Waals surface area contributed by atoms with Gasteiger partial charge < -0.3 is 10.5 Å². The highest BCUT2D eigenvalue weighted by atomic mass is 35.5. The Morgan fingerprint density at radius 1 is 1.60 bits per heavy atom. The summed E-state index contributed by atoms with van der Waals surface area (Å²) >= 11 is 7.12. The standard InChI is InChI=1S/C10H12ClNO2S/c1-6(10(13)14-2)15-9-4-3-7(11)5-8(9)12/h3-6H,12H2,1-2H3. The largest absolute Gasteiger partial charge is 0.468 e. The number of esters is 1. The summed E-state index contributed by atoms with van der Waals surface area (Å²) in [5, 5.41) is 0.307. The molecule has 0 fully saturated rings. The fourth-order valence-electron chi connectivity index (χ4n) is 1.03. The summed E-state index contributed by atoms with van der Waals surface area (Å²) < 4.78 is 4.62. The summed E-state index contributed by atoms with van der Waals surface area (Å²) in [6.45, 7) is 1.77. The van der Waals surface area contributed by atoms with Gasteiger partial charge in [0.25, 0.3) is 0 Å². The van der Waals surface area contributed by atoms with Crippen molar-refractivity contribution < 1.29 is 9.53 Å². The molecule has 0 spiro atoms. The normalized spacial score (nSPS) is 12.2. The lowest BCUT2D eigenvalue weighted by atomic mass is 10.3. The van der Waals surface area contributed by atoms with Crippen LogP contribution in [-0.2, 0) is 9.53 Å². The van der Waals surface area contributed by atoms with Crippen LogP contribution in [0.25, 0.3) is 0 Å². The van der Waals surface area contributed by atoms with Crippen molar-refractivity contribution >= 4 is 35.0 Å². The summed E-state index contributed by atoms with van der Waals surface area (Å²) in [5.41, 5.74) is 6.33. The highest BCUT2D eigenvalue weighted by molar-refractivity contribution is 8.00. The highest BCUT2D eigenvalue weighted by Crippen LogP contribution is 2.30. The molecule has 1 atom stereocenters. The van der Waals surface area contributed by atoms with Crippen LogP contribution in [0.15, 0.2) is 23.1 Å². The second-order valence-corrected chi connectivity index (χ2v) is 4.78. The minimum atomic E-state index is -0.279. The first-order valence-corrected chi connectivity index (χ1v) is 5.60. The third kappa shape index (κ3) is 3.32. The van der Waals surface area contributed by atoms with Crippen LogP contribution in [-0.4, -0.2) is 18.3 Å². The number of rotatable bonds is 3. The quantitative estimate of drug-likeness (QED) is 0.505. The number of halogens is 1. The van der Waals surface area contributed by atoms with Crippen LogP contribution >= 0.6 is 23.4 Å². The van der Waals surface area contributed by atoms with Gasteiger partial charge >= 0.3 is 5.97 Å². The smallest absolute Gasteiger partial charge is 0.318 e. The summed E-state index contributed by atoms with van der Waals surface area (Å²) in [6.07, 6.45) is 0. The average molecular weight is 246 g/mol. The summed E-state index contributed by atoms with van der Waals surface area (Å²) in [5.74, 6) is -0.269. The van der Waals surface area contributed by atoms with E-state index >= 15 is 0 Å². The number of nitrogen functional groups attached to an aromatic ring is 1. The molecular formula is C10H12ClNO2S. The van der Waals surface area contributed by atoms with Crippen LogP contribution in [0, 0.1) is 0 Å². The van der Waals surface area contributed by atoms with Gasteiger partial charge in [-0.15, -0.1) is 11.8 Å². The lowest BCUT2D eigenvalue weighted by Crippen LogP contribution is -2.14. The van der Waals surface area contributed by atoms with E-state index in [0.717, 1.165) is 4.90 Å². The molecule has 0 heterocycles. The number of hydrogen-bond donors (Lipinski definition) is 1. The second kappa shape index (κ2) is 5.28.